The smallest absolute Gasteiger partial charge is 0.252 e. The van der Waals surface area contributed by atoms with E-state index < -0.39 is 10.0 Å². The number of para-hydroxylation sites is 1. The first-order chi connectivity index (χ1) is 10.8. The average molecular weight is 417 g/mol. The molecule has 0 unspecified atom stereocenters. The Morgan fingerprint density at radius 3 is 2.57 bits per heavy atom. The molecule has 1 aromatic carbocycles. The number of rotatable bonds is 6. The van der Waals surface area contributed by atoms with Gasteiger partial charge >= 0.3 is 0 Å². The SMILES string of the molecule is CCc1ccccc1NC(=O)CN(C)S(=O)(=O)c1ccc(Br)s1. The molecule has 1 aromatic heterocycles. The molecule has 1 heterocycles. The van der Waals surface area contributed by atoms with Crippen LogP contribution in [-0.2, 0) is 21.2 Å². The Kier molecular flexibility index (Phi) is 5.96. The van der Waals surface area contributed by atoms with Crippen molar-refractivity contribution in [3.63, 3.8) is 0 Å². The Morgan fingerprint density at radius 2 is 1.96 bits per heavy atom. The fraction of sp³-hybridized carbons (Fsp3) is 0.267. The number of hydrogen-bond donors (Lipinski definition) is 1. The number of nitrogens with zero attached hydrogens (tertiary/aromatic N) is 1. The molecule has 0 spiro atoms. The molecular formula is C15H17BrN2O3S2. The lowest BCUT2D eigenvalue weighted by Gasteiger charge is -2.16. The van der Waals surface area contributed by atoms with Crippen LogP contribution in [0.2, 0.25) is 0 Å². The van der Waals surface area contributed by atoms with Crippen LogP contribution in [0.5, 0.6) is 0 Å². The van der Waals surface area contributed by atoms with Crippen LogP contribution in [0.3, 0.4) is 0 Å². The lowest BCUT2D eigenvalue weighted by molar-refractivity contribution is -0.116. The molecule has 0 atom stereocenters. The Morgan fingerprint density at radius 1 is 1.26 bits per heavy atom. The molecule has 1 N–H and O–H groups in total. The molecule has 0 bridgehead atoms. The lowest BCUT2D eigenvalue weighted by atomic mass is 10.1. The third-order valence-corrected chi connectivity index (χ3v) is 7.15. The highest BCUT2D eigenvalue weighted by atomic mass is 79.9. The first-order valence-corrected chi connectivity index (χ1v) is 9.99. The number of carbonyl (C=O) groups is 1. The van der Waals surface area contributed by atoms with Gasteiger partial charge < -0.3 is 5.32 Å². The van der Waals surface area contributed by atoms with E-state index in [1.54, 1.807) is 6.07 Å². The van der Waals surface area contributed by atoms with Gasteiger partial charge in [0, 0.05) is 12.7 Å². The summed E-state index contributed by atoms with van der Waals surface area (Å²) in [7, 11) is -2.26. The minimum Gasteiger partial charge on any atom is -0.325 e. The van der Waals surface area contributed by atoms with Crippen LogP contribution < -0.4 is 5.32 Å². The minimum absolute atomic E-state index is 0.202. The number of carbonyl (C=O) groups excluding carboxylic acids is 1. The fourth-order valence-electron chi connectivity index (χ4n) is 2.02. The molecule has 0 saturated carbocycles. The van der Waals surface area contributed by atoms with E-state index in [2.05, 4.69) is 21.2 Å². The van der Waals surface area contributed by atoms with Gasteiger partial charge in [-0.1, -0.05) is 25.1 Å². The molecule has 0 fully saturated rings. The Hall–Kier alpha value is -1.22. The van der Waals surface area contributed by atoms with Gasteiger partial charge in [-0.15, -0.1) is 11.3 Å². The molecule has 0 radical (unpaired) electrons. The summed E-state index contributed by atoms with van der Waals surface area (Å²) in [6.45, 7) is 1.76. The highest BCUT2D eigenvalue weighted by molar-refractivity contribution is 9.11. The van der Waals surface area contributed by atoms with Crippen LogP contribution in [-0.4, -0.2) is 32.2 Å². The first kappa shape index (κ1) is 18.1. The maximum Gasteiger partial charge on any atom is 0.252 e. The summed E-state index contributed by atoms with van der Waals surface area (Å²) in [5.74, 6) is -0.368. The second-order valence-electron chi connectivity index (χ2n) is 4.88. The van der Waals surface area contributed by atoms with Crippen LogP contribution in [0.15, 0.2) is 44.4 Å². The molecule has 2 rings (SSSR count). The van der Waals surface area contributed by atoms with Crippen LogP contribution in [0.4, 0.5) is 5.69 Å². The quantitative estimate of drug-likeness (QED) is 0.784. The van der Waals surface area contributed by atoms with E-state index in [4.69, 9.17) is 0 Å². The molecule has 8 heteroatoms. The maximum absolute atomic E-state index is 12.4. The van der Waals surface area contributed by atoms with Crippen molar-refractivity contribution in [3.05, 3.63) is 45.7 Å². The molecule has 0 aliphatic rings. The van der Waals surface area contributed by atoms with Crippen LogP contribution in [0.1, 0.15) is 12.5 Å². The maximum atomic E-state index is 12.4. The number of hydrogen-bond acceptors (Lipinski definition) is 4. The number of sulfonamides is 1. The highest BCUT2D eigenvalue weighted by Crippen LogP contribution is 2.27. The van der Waals surface area contributed by atoms with Gasteiger partial charge in [0.2, 0.25) is 5.91 Å². The van der Waals surface area contributed by atoms with Crippen molar-refractivity contribution < 1.29 is 13.2 Å². The number of aryl methyl sites for hydroxylation is 1. The standard InChI is InChI=1S/C15H17BrN2O3S2/c1-3-11-6-4-5-7-12(11)17-14(19)10-18(2)23(20,21)15-9-8-13(16)22-15/h4-9H,3,10H2,1-2H3,(H,17,19). The van der Waals surface area contributed by atoms with E-state index in [1.807, 2.05) is 31.2 Å². The first-order valence-electron chi connectivity index (χ1n) is 6.94. The zero-order chi connectivity index (χ0) is 17.0. The highest BCUT2D eigenvalue weighted by Gasteiger charge is 2.24. The molecule has 0 aliphatic carbocycles. The van der Waals surface area contributed by atoms with Gasteiger partial charge in [0.25, 0.3) is 10.0 Å². The molecule has 0 saturated heterocycles. The molecule has 1 amide bonds. The van der Waals surface area contributed by atoms with E-state index in [0.29, 0.717) is 5.69 Å². The lowest BCUT2D eigenvalue weighted by Crippen LogP contribution is -2.34. The van der Waals surface area contributed by atoms with Crippen LogP contribution in [0, 0.1) is 0 Å². The van der Waals surface area contributed by atoms with Crippen molar-refractivity contribution in [1.82, 2.24) is 4.31 Å². The number of amides is 1. The second kappa shape index (κ2) is 7.57. The van der Waals surface area contributed by atoms with Crippen molar-refractivity contribution in [2.24, 2.45) is 0 Å². The summed E-state index contributed by atoms with van der Waals surface area (Å²) in [5, 5.41) is 2.77. The molecular weight excluding hydrogens is 400 g/mol. The van der Waals surface area contributed by atoms with E-state index in [0.717, 1.165) is 31.4 Å². The molecule has 5 nitrogen and oxygen atoms in total. The Bertz CT molecular complexity index is 803. The number of nitrogens with one attached hydrogen (secondary N) is 1. The topological polar surface area (TPSA) is 66.5 Å². The van der Waals surface area contributed by atoms with Crippen molar-refractivity contribution in [2.45, 2.75) is 17.6 Å². The number of thiophene rings is 1. The third-order valence-electron chi connectivity index (χ3n) is 3.25. The van der Waals surface area contributed by atoms with Gasteiger partial charge in [0.1, 0.15) is 4.21 Å². The zero-order valence-electron chi connectivity index (χ0n) is 12.7. The second-order valence-corrected chi connectivity index (χ2v) is 9.61. The summed E-state index contributed by atoms with van der Waals surface area (Å²) in [5.41, 5.74) is 1.72. The van der Waals surface area contributed by atoms with Gasteiger partial charge in [0.15, 0.2) is 0 Å². The molecule has 0 aliphatic heterocycles. The predicted molar refractivity (Wildman–Crippen MR) is 96.3 cm³/mol. The van der Waals surface area contributed by atoms with Crippen molar-refractivity contribution in [3.8, 4) is 0 Å². The van der Waals surface area contributed by atoms with Crippen LogP contribution in [0.25, 0.3) is 0 Å². The van der Waals surface area contributed by atoms with E-state index >= 15 is 0 Å². The molecule has 2 aromatic rings. The van der Waals surface area contributed by atoms with Gasteiger partial charge in [-0.3, -0.25) is 4.79 Å². The number of halogens is 1. The third kappa shape index (κ3) is 4.41. The van der Waals surface area contributed by atoms with Gasteiger partial charge in [-0.2, -0.15) is 4.31 Å². The van der Waals surface area contributed by atoms with E-state index in [9.17, 15) is 13.2 Å². The predicted octanol–water partition coefficient (Wildman–Crippen LogP) is 3.33. The molecule has 124 valence electrons. The normalized spacial score (nSPS) is 11.7. The Labute approximate surface area is 148 Å². The number of benzene rings is 1. The van der Waals surface area contributed by atoms with Gasteiger partial charge in [-0.05, 0) is 46.1 Å². The largest absolute Gasteiger partial charge is 0.325 e. The average Bonchev–Trinajstić information content (AvgIpc) is 2.95. The Balaban J connectivity index is 2.08. The summed E-state index contributed by atoms with van der Waals surface area (Å²) in [6, 6.07) is 10.7. The minimum atomic E-state index is -3.66. The summed E-state index contributed by atoms with van der Waals surface area (Å²) >= 11 is 4.36. The summed E-state index contributed by atoms with van der Waals surface area (Å²) < 4.78 is 26.8. The van der Waals surface area contributed by atoms with Crippen molar-refractivity contribution in [1.29, 1.82) is 0 Å². The monoisotopic (exact) mass is 416 g/mol. The summed E-state index contributed by atoms with van der Waals surface area (Å²) in [4.78, 5) is 12.2. The van der Waals surface area contributed by atoms with Crippen molar-refractivity contribution >= 4 is 48.9 Å². The summed E-state index contributed by atoms with van der Waals surface area (Å²) in [6.07, 6.45) is 0.786. The van der Waals surface area contributed by atoms with Crippen LogP contribution >= 0.6 is 27.3 Å². The van der Waals surface area contributed by atoms with Crippen molar-refractivity contribution in [2.75, 3.05) is 18.9 Å². The zero-order valence-corrected chi connectivity index (χ0v) is 16.0. The van der Waals surface area contributed by atoms with Gasteiger partial charge in [0.05, 0.1) is 10.3 Å². The van der Waals surface area contributed by atoms with E-state index in [-0.39, 0.29) is 16.7 Å². The molecule has 23 heavy (non-hydrogen) atoms. The fourth-order valence-corrected chi connectivity index (χ4v) is 5.37. The van der Waals surface area contributed by atoms with E-state index in [1.165, 1.54) is 13.1 Å². The number of likely N-dealkylation sites (N-methyl/N-ethyl adjacent to an activating group) is 1. The number of anilines is 1. The van der Waals surface area contributed by atoms with Gasteiger partial charge in [-0.25, -0.2) is 8.42 Å².